The quantitative estimate of drug-likeness (QED) is 0.549. The third kappa shape index (κ3) is 4.39. The van der Waals surface area contributed by atoms with Crippen LogP contribution in [0.3, 0.4) is 0 Å². The van der Waals surface area contributed by atoms with Crippen molar-refractivity contribution >= 4 is 0 Å². The molecule has 0 aromatic carbocycles. The van der Waals surface area contributed by atoms with Gasteiger partial charge in [0.1, 0.15) is 0 Å². The smallest absolute Gasteiger partial charge is 0.277 e. The number of hydrogen-bond donors (Lipinski definition) is 2. The third-order valence-electron chi connectivity index (χ3n) is 1.18. The van der Waals surface area contributed by atoms with Crippen molar-refractivity contribution in [1.29, 1.82) is 0 Å². The summed E-state index contributed by atoms with van der Waals surface area (Å²) in [5, 5.41) is 17.6. The highest BCUT2D eigenvalue weighted by atomic mass is 16.8. The van der Waals surface area contributed by atoms with Crippen molar-refractivity contribution in [2.75, 3.05) is 7.11 Å². The zero-order valence-corrected chi connectivity index (χ0v) is 5.92. The van der Waals surface area contributed by atoms with Crippen molar-refractivity contribution in [1.82, 2.24) is 0 Å². The average molecular weight is 134 g/mol. The van der Waals surface area contributed by atoms with E-state index in [9.17, 15) is 0 Å². The predicted octanol–water partition coefficient (Wildman–Crippen LogP) is 0.461. The molecule has 3 nitrogen and oxygen atoms in total. The first kappa shape index (κ1) is 8.88. The van der Waals surface area contributed by atoms with E-state index in [0.29, 0.717) is 0 Å². The monoisotopic (exact) mass is 134 g/mol. The Kier molecular flexibility index (Phi) is 3.77. The topological polar surface area (TPSA) is 49.7 Å². The molecule has 0 aliphatic carbocycles. The molecule has 0 bridgehead atoms. The lowest BCUT2D eigenvalue weighted by molar-refractivity contribution is -0.329. The Morgan fingerprint density at radius 1 is 1.44 bits per heavy atom. The van der Waals surface area contributed by atoms with Crippen molar-refractivity contribution in [2.45, 2.75) is 32.2 Å². The minimum Gasteiger partial charge on any atom is -0.343 e. The third-order valence-corrected chi connectivity index (χ3v) is 1.18. The maximum atomic E-state index is 8.79. The molecule has 0 saturated heterocycles. The molecule has 0 heterocycles. The van der Waals surface area contributed by atoms with E-state index < -0.39 is 5.97 Å². The molecule has 0 unspecified atom stereocenters. The van der Waals surface area contributed by atoms with Gasteiger partial charge >= 0.3 is 0 Å². The summed E-state index contributed by atoms with van der Waals surface area (Å²) >= 11 is 0. The van der Waals surface area contributed by atoms with Gasteiger partial charge in [0.25, 0.3) is 5.97 Å². The van der Waals surface area contributed by atoms with Crippen molar-refractivity contribution in [2.24, 2.45) is 0 Å². The molecule has 0 fully saturated rings. The molecule has 0 aliphatic rings. The van der Waals surface area contributed by atoms with E-state index in [2.05, 4.69) is 4.74 Å². The molecule has 56 valence electrons. The number of unbranched alkanes of at least 4 members (excludes halogenated alkanes) is 1. The summed E-state index contributed by atoms with van der Waals surface area (Å²) in [4.78, 5) is 0. The van der Waals surface area contributed by atoms with Crippen molar-refractivity contribution in [3.05, 3.63) is 0 Å². The molecule has 2 N–H and O–H groups in total. The van der Waals surface area contributed by atoms with Crippen LogP contribution in [0.5, 0.6) is 0 Å². The largest absolute Gasteiger partial charge is 0.343 e. The van der Waals surface area contributed by atoms with Crippen LogP contribution in [0.15, 0.2) is 0 Å². The molecular formula is C6H14O3. The van der Waals surface area contributed by atoms with Gasteiger partial charge in [0, 0.05) is 13.5 Å². The SMILES string of the molecule is CCCCC(O)(O)OC. The second-order valence-corrected chi connectivity index (χ2v) is 2.05. The van der Waals surface area contributed by atoms with Gasteiger partial charge in [-0.3, -0.25) is 0 Å². The Labute approximate surface area is 55.3 Å². The molecule has 0 atom stereocenters. The lowest BCUT2D eigenvalue weighted by Crippen LogP contribution is -2.29. The van der Waals surface area contributed by atoms with E-state index >= 15 is 0 Å². The summed E-state index contributed by atoms with van der Waals surface area (Å²) in [5.74, 6) is -1.91. The second-order valence-electron chi connectivity index (χ2n) is 2.05. The summed E-state index contributed by atoms with van der Waals surface area (Å²) in [7, 11) is 1.27. The lowest BCUT2D eigenvalue weighted by atomic mass is 10.2. The van der Waals surface area contributed by atoms with Crippen molar-refractivity contribution < 1.29 is 14.9 Å². The van der Waals surface area contributed by atoms with Gasteiger partial charge in [0.2, 0.25) is 0 Å². The van der Waals surface area contributed by atoms with E-state index in [1.54, 1.807) is 0 Å². The van der Waals surface area contributed by atoms with Crippen LogP contribution in [0.1, 0.15) is 26.2 Å². The Balaban J connectivity index is 3.33. The zero-order valence-electron chi connectivity index (χ0n) is 5.92. The fraction of sp³-hybridized carbons (Fsp3) is 1.00. The maximum absolute atomic E-state index is 8.79. The van der Waals surface area contributed by atoms with E-state index in [1.165, 1.54) is 7.11 Å². The van der Waals surface area contributed by atoms with Crippen LogP contribution < -0.4 is 0 Å². The molecule has 0 aromatic heterocycles. The summed E-state index contributed by atoms with van der Waals surface area (Å²) in [6, 6.07) is 0. The minimum absolute atomic E-state index is 0.278. The van der Waals surface area contributed by atoms with E-state index in [0.717, 1.165) is 12.8 Å². The van der Waals surface area contributed by atoms with Gasteiger partial charge in [-0.05, 0) is 6.42 Å². The molecule has 0 amide bonds. The zero-order chi connectivity index (χ0) is 7.33. The molecule has 0 radical (unpaired) electrons. The van der Waals surface area contributed by atoms with Gasteiger partial charge in [-0.15, -0.1) is 0 Å². The average Bonchev–Trinajstić information content (AvgIpc) is 1.84. The van der Waals surface area contributed by atoms with Crippen molar-refractivity contribution in [3.63, 3.8) is 0 Å². The van der Waals surface area contributed by atoms with Gasteiger partial charge in [-0.25, -0.2) is 0 Å². The number of hydrogen-bond acceptors (Lipinski definition) is 3. The standard InChI is InChI=1S/C6H14O3/c1-3-4-5-6(7,8)9-2/h7-8H,3-5H2,1-2H3. The Hall–Kier alpha value is -0.120. The van der Waals surface area contributed by atoms with Crippen molar-refractivity contribution in [3.8, 4) is 0 Å². The summed E-state index contributed by atoms with van der Waals surface area (Å²) < 4.78 is 4.35. The first-order valence-electron chi connectivity index (χ1n) is 3.12. The molecule has 0 aliphatic heterocycles. The lowest BCUT2D eigenvalue weighted by Gasteiger charge is -2.18. The van der Waals surface area contributed by atoms with Crippen LogP contribution in [0.2, 0.25) is 0 Å². The first-order valence-corrected chi connectivity index (χ1v) is 3.12. The molecule has 0 aromatic rings. The van der Waals surface area contributed by atoms with Gasteiger partial charge in [-0.2, -0.15) is 0 Å². The summed E-state index contributed by atoms with van der Waals surface area (Å²) in [6.45, 7) is 1.98. The first-order chi connectivity index (χ1) is 4.12. The van der Waals surface area contributed by atoms with E-state index in [1.807, 2.05) is 6.92 Å². The highest BCUT2D eigenvalue weighted by Crippen LogP contribution is 2.09. The van der Waals surface area contributed by atoms with Crippen LogP contribution >= 0.6 is 0 Å². The Morgan fingerprint density at radius 2 is 2.00 bits per heavy atom. The number of rotatable bonds is 4. The fourth-order valence-corrected chi connectivity index (χ4v) is 0.509. The van der Waals surface area contributed by atoms with Gasteiger partial charge in [0.05, 0.1) is 0 Å². The summed E-state index contributed by atoms with van der Waals surface area (Å²) in [5.41, 5.74) is 0. The highest BCUT2D eigenvalue weighted by Gasteiger charge is 2.19. The van der Waals surface area contributed by atoms with Crippen LogP contribution in [-0.4, -0.2) is 23.3 Å². The van der Waals surface area contributed by atoms with E-state index in [-0.39, 0.29) is 6.42 Å². The molecular weight excluding hydrogens is 120 g/mol. The van der Waals surface area contributed by atoms with Crippen LogP contribution in [0.4, 0.5) is 0 Å². The number of ether oxygens (including phenoxy) is 1. The summed E-state index contributed by atoms with van der Waals surface area (Å²) in [6.07, 6.45) is 1.98. The molecule has 0 rings (SSSR count). The Bertz CT molecular complexity index is 70.7. The van der Waals surface area contributed by atoms with Gasteiger partial charge in [-0.1, -0.05) is 13.3 Å². The van der Waals surface area contributed by atoms with Crippen LogP contribution in [0.25, 0.3) is 0 Å². The minimum atomic E-state index is -1.91. The molecule has 0 saturated carbocycles. The number of aliphatic hydroxyl groups is 2. The highest BCUT2D eigenvalue weighted by molar-refractivity contribution is 4.48. The molecule has 9 heavy (non-hydrogen) atoms. The second kappa shape index (κ2) is 3.82. The Morgan fingerprint density at radius 3 is 2.33 bits per heavy atom. The van der Waals surface area contributed by atoms with Crippen LogP contribution in [0, 0.1) is 0 Å². The number of methoxy groups -OCH3 is 1. The van der Waals surface area contributed by atoms with E-state index in [4.69, 9.17) is 10.2 Å². The predicted molar refractivity (Wildman–Crippen MR) is 33.7 cm³/mol. The molecule has 0 spiro atoms. The fourth-order valence-electron chi connectivity index (χ4n) is 0.509. The normalized spacial score (nSPS) is 12.0. The molecule has 3 heteroatoms. The van der Waals surface area contributed by atoms with Crippen LogP contribution in [-0.2, 0) is 4.74 Å². The van der Waals surface area contributed by atoms with Gasteiger partial charge in [0.15, 0.2) is 0 Å². The van der Waals surface area contributed by atoms with Gasteiger partial charge < -0.3 is 14.9 Å². The maximum Gasteiger partial charge on any atom is 0.277 e.